The topological polar surface area (TPSA) is 308 Å². The summed E-state index contributed by atoms with van der Waals surface area (Å²) in [4.78, 5) is 75.4. The van der Waals surface area contributed by atoms with E-state index >= 15 is 0 Å². The van der Waals surface area contributed by atoms with Crippen LogP contribution in [0.15, 0.2) is 16.7 Å². The number of hydrogen-bond donors (Lipinski definition) is 7. The van der Waals surface area contributed by atoms with Gasteiger partial charge in [-0.15, -0.1) is 23.1 Å². The van der Waals surface area contributed by atoms with Gasteiger partial charge in [-0.05, 0) is 0 Å². The van der Waals surface area contributed by atoms with Crippen molar-refractivity contribution in [2.24, 2.45) is 11.5 Å². The number of carboxylic acids is 2. The van der Waals surface area contributed by atoms with Gasteiger partial charge in [0.1, 0.15) is 36.4 Å². The number of thiazole rings is 1. The first kappa shape index (κ1) is 30.6. The van der Waals surface area contributed by atoms with Gasteiger partial charge in [-0.2, -0.15) is 8.42 Å². The van der Waals surface area contributed by atoms with Crippen molar-refractivity contribution < 1.29 is 61.4 Å². The molecule has 22 heteroatoms. The number of thioether (sulfide) groups is 1. The van der Waals surface area contributed by atoms with Crippen LogP contribution >= 0.6 is 23.1 Å². The predicted octanol–water partition coefficient (Wildman–Crippen LogP) is -2.13. The van der Waals surface area contributed by atoms with Crippen LogP contribution in [-0.4, -0.2) is 105 Å². The van der Waals surface area contributed by atoms with Gasteiger partial charge in [0.25, 0.3) is 16.0 Å². The van der Waals surface area contributed by atoms with E-state index in [0.717, 1.165) is 22.0 Å². The number of β-lactam (4-membered cyclic amide) rings is 1. The van der Waals surface area contributed by atoms with Crippen molar-refractivity contribution in [2.75, 3.05) is 24.3 Å². The van der Waals surface area contributed by atoms with Crippen molar-refractivity contribution in [3.63, 3.8) is 0 Å². The van der Waals surface area contributed by atoms with Crippen LogP contribution in [0.25, 0.3) is 0 Å². The van der Waals surface area contributed by atoms with Crippen molar-refractivity contribution >= 4 is 74.3 Å². The number of nitrogens with zero attached hydrogens (tertiary/aromatic N) is 2. The number of fused-ring (bicyclic) bond motifs is 1. The highest BCUT2D eigenvalue weighted by Gasteiger charge is 2.55. The molecule has 218 valence electrons. The number of carbonyl (C=O) groups excluding carboxylic acids is 4. The maximum atomic E-state index is 12.9. The Balaban J connectivity index is 1.72. The minimum absolute atomic E-state index is 0.0357. The lowest BCUT2D eigenvalue weighted by Crippen LogP contribution is -2.71. The highest BCUT2D eigenvalue weighted by atomic mass is 32.2. The molecule has 0 bridgehead atoms. The Morgan fingerprint density at radius 1 is 1.23 bits per heavy atom. The van der Waals surface area contributed by atoms with Gasteiger partial charge in [-0.25, -0.2) is 19.4 Å². The molecule has 3 rings (SSSR count). The van der Waals surface area contributed by atoms with Crippen molar-refractivity contribution in [3.05, 3.63) is 22.3 Å². The van der Waals surface area contributed by atoms with Crippen LogP contribution in [0.5, 0.6) is 0 Å². The van der Waals surface area contributed by atoms with E-state index in [4.69, 9.17) is 16.6 Å². The Hall–Kier alpha value is -3.99. The molecule has 2 aliphatic rings. The molecule has 0 radical (unpaired) electrons. The molecule has 0 spiro atoms. The molecular weight excluding hydrogens is 604 g/mol. The van der Waals surface area contributed by atoms with Gasteiger partial charge < -0.3 is 36.5 Å². The number of nitrogens with one attached hydrogen (secondary N) is 2. The number of aromatic nitrogens is 1. The SMILES string of the molecule is NC(=O)OCC1=C(C(=O)O)N2C(=O)[C@@H](NC(=O)C(c3csc(NC(=O)OC[C@@H](N)C(=O)O)n3)S(=O)(=O)O)[C@@H]2SC1. The second-order valence-electron chi connectivity index (χ2n) is 7.90. The molecule has 1 saturated heterocycles. The lowest BCUT2D eigenvalue weighted by Gasteiger charge is -2.49. The Morgan fingerprint density at radius 3 is 2.48 bits per heavy atom. The summed E-state index contributed by atoms with van der Waals surface area (Å²) in [6.07, 6.45) is -2.36. The second-order valence-corrected chi connectivity index (χ2v) is 11.4. The Kier molecular flexibility index (Phi) is 9.19. The quantitative estimate of drug-likeness (QED) is 0.102. The molecule has 1 fully saturated rings. The molecule has 0 aromatic carbocycles. The van der Waals surface area contributed by atoms with E-state index in [1.165, 1.54) is 0 Å². The molecule has 0 aliphatic carbocycles. The van der Waals surface area contributed by atoms with E-state index in [2.05, 4.69) is 25.1 Å². The van der Waals surface area contributed by atoms with Crippen LogP contribution in [0.2, 0.25) is 0 Å². The number of primary amides is 1. The second kappa shape index (κ2) is 12.0. The molecule has 3 heterocycles. The van der Waals surface area contributed by atoms with Gasteiger partial charge in [0.2, 0.25) is 11.2 Å². The summed E-state index contributed by atoms with van der Waals surface area (Å²) in [5, 5.41) is 19.9. The molecular formula is C18H20N6O13S3. The standard InChI is InChI=1S/C18H20N6O13S3/c19-6(14(27)28)2-37-18(32)23-17-21-7(4-39-17)10(40(33,34)35)11(25)22-8-12(26)24-9(15(29)30)5(1-36-16(20)31)3-38-13(8)24/h4,6,8,10,13H,1-3,19H2,(H2,20,31)(H,22,25)(H,27,28)(H,29,30)(H,21,23,32)(H,33,34,35)/t6-,8-,10?,13+/m1/s1. The van der Waals surface area contributed by atoms with Gasteiger partial charge >= 0.3 is 24.1 Å². The van der Waals surface area contributed by atoms with Crippen molar-refractivity contribution in [1.82, 2.24) is 15.2 Å². The number of hydrogen-bond acceptors (Lipinski definition) is 14. The first-order chi connectivity index (χ1) is 18.6. The fraction of sp³-hybridized carbons (Fsp3) is 0.389. The predicted molar refractivity (Wildman–Crippen MR) is 132 cm³/mol. The maximum Gasteiger partial charge on any atom is 0.413 e. The van der Waals surface area contributed by atoms with E-state index in [-0.39, 0.29) is 16.5 Å². The monoisotopic (exact) mass is 624 g/mol. The van der Waals surface area contributed by atoms with Crippen LogP contribution in [0.1, 0.15) is 10.9 Å². The Morgan fingerprint density at radius 2 is 1.90 bits per heavy atom. The van der Waals surface area contributed by atoms with Gasteiger partial charge in [0.15, 0.2) is 5.13 Å². The molecule has 2 aliphatic heterocycles. The van der Waals surface area contributed by atoms with Gasteiger partial charge in [0, 0.05) is 16.7 Å². The van der Waals surface area contributed by atoms with Gasteiger partial charge in [-0.3, -0.25) is 29.2 Å². The Labute approximate surface area is 231 Å². The van der Waals surface area contributed by atoms with Gasteiger partial charge in [-0.1, -0.05) is 0 Å². The first-order valence-electron chi connectivity index (χ1n) is 10.6. The van der Waals surface area contributed by atoms with Crippen LogP contribution < -0.4 is 22.1 Å². The third-order valence-electron chi connectivity index (χ3n) is 5.18. The smallest absolute Gasteiger partial charge is 0.413 e. The lowest BCUT2D eigenvalue weighted by atomic mass is 10.0. The highest BCUT2D eigenvalue weighted by Crippen LogP contribution is 2.40. The van der Waals surface area contributed by atoms with Crippen molar-refractivity contribution in [2.45, 2.75) is 22.7 Å². The molecule has 0 saturated carbocycles. The molecule has 40 heavy (non-hydrogen) atoms. The number of ether oxygens (including phenoxy) is 2. The zero-order chi connectivity index (χ0) is 29.9. The summed E-state index contributed by atoms with van der Waals surface area (Å²) < 4.78 is 43.0. The zero-order valence-electron chi connectivity index (χ0n) is 19.7. The summed E-state index contributed by atoms with van der Waals surface area (Å²) in [5.74, 6) is -5.29. The maximum absolute atomic E-state index is 12.9. The van der Waals surface area contributed by atoms with Crippen molar-refractivity contribution in [3.8, 4) is 0 Å². The molecule has 1 unspecified atom stereocenters. The van der Waals surface area contributed by atoms with E-state index in [1.54, 1.807) is 0 Å². The number of anilines is 1. The number of carbonyl (C=O) groups is 6. The highest BCUT2D eigenvalue weighted by molar-refractivity contribution is 8.00. The van der Waals surface area contributed by atoms with E-state index < -0.39 is 93.4 Å². The normalized spacial score (nSPS) is 19.9. The molecule has 1 aromatic rings. The molecule has 4 atom stereocenters. The number of amides is 4. The summed E-state index contributed by atoms with van der Waals surface area (Å²) in [6, 6.07) is -2.89. The van der Waals surface area contributed by atoms with Crippen LogP contribution in [0.4, 0.5) is 14.7 Å². The summed E-state index contributed by atoms with van der Waals surface area (Å²) >= 11 is 1.61. The molecule has 4 amide bonds. The van der Waals surface area contributed by atoms with E-state index in [9.17, 15) is 46.8 Å². The average Bonchev–Trinajstić information content (AvgIpc) is 3.29. The van der Waals surface area contributed by atoms with Crippen LogP contribution in [0, 0.1) is 0 Å². The molecule has 19 nitrogen and oxygen atoms in total. The number of aliphatic carboxylic acids is 2. The fourth-order valence-electron chi connectivity index (χ4n) is 3.43. The number of rotatable bonds is 11. The number of carboxylic acid groups (broad SMARTS) is 2. The zero-order valence-corrected chi connectivity index (χ0v) is 22.2. The number of nitrogens with two attached hydrogens (primary N) is 2. The fourth-order valence-corrected chi connectivity index (χ4v) is 6.33. The molecule has 1 aromatic heterocycles. The first-order valence-corrected chi connectivity index (χ1v) is 14.0. The largest absolute Gasteiger partial charge is 0.480 e. The molecule has 9 N–H and O–H groups in total. The van der Waals surface area contributed by atoms with Crippen molar-refractivity contribution in [1.29, 1.82) is 0 Å². The van der Waals surface area contributed by atoms with E-state index in [0.29, 0.717) is 11.3 Å². The third kappa shape index (κ3) is 6.77. The van der Waals surface area contributed by atoms with Crippen LogP contribution in [0.3, 0.4) is 0 Å². The third-order valence-corrected chi connectivity index (χ3v) is 8.35. The summed E-state index contributed by atoms with van der Waals surface area (Å²) in [7, 11) is -5.18. The minimum Gasteiger partial charge on any atom is -0.480 e. The summed E-state index contributed by atoms with van der Waals surface area (Å²) in [5.41, 5.74) is 9.13. The summed E-state index contributed by atoms with van der Waals surface area (Å²) in [6.45, 7) is -1.19. The Bertz CT molecular complexity index is 1390. The van der Waals surface area contributed by atoms with E-state index in [1.807, 2.05) is 0 Å². The van der Waals surface area contributed by atoms with Crippen LogP contribution in [-0.2, 0) is 38.8 Å². The minimum atomic E-state index is -5.18. The lowest BCUT2D eigenvalue weighted by molar-refractivity contribution is -0.150. The van der Waals surface area contributed by atoms with Gasteiger partial charge in [0.05, 0.1) is 5.69 Å². The average molecular weight is 625 g/mol.